The van der Waals surface area contributed by atoms with Crippen LogP contribution >= 0.6 is 0 Å². The van der Waals surface area contributed by atoms with Gasteiger partial charge in [0.05, 0.1) is 5.69 Å². The Morgan fingerprint density at radius 2 is 1.89 bits per heavy atom. The lowest BCUT2D eigenvalue weighted by Gasteiger charge is -2.18. The van der Waals surface area contributed by atoms with E-state index in [0.717, 1.165) is 31.0 Å². The smallest absolute Gasteiger partial charge is 0.191 e. The van der Waals surface area contributed by atoms with E-state index in [9.17, 15) is 0 Å². The van der Waals surface area contributed by atoms with Gasteiger partial charge in [-0.2, -0.15) is 5.10 Å². The first-order chi connectivity index (χ1) is 13.5. The van der Waals surface area contributed by atoms with E-state index in [1.165, 1.54) is 27.6 Å². The Kier molecular flexibility index (Phi) is 6.34. The number of hydrogen-bond donors (Lipinski definition) is 2. The summed E-state index contributed by atoms with van der Waals surface area (Å²) in [6.45, 7) is 7.22. The van der Waals surface area contributed by atoms with Crippen molar-refractivity contribution in [1.82, 2.24) is 20.4 Å². The normalized spacial score (nSPS) is 13.0. The third-order valence-corrected chi connectivity index (χ3v) is 5.34. The molecule has 0 bridgehead atoms. The van der Waals surface area contributed by atoms with Crippen LogP contribution in [0.2, 0.25) is 0 Å². The molecule has 5 heteroatoms. The predicted octanol–water partition coefficient (Wildman–Crippen LogP) is 3.53. The van der Waals surface area contributed by atoms with Gasteiger partial charge in [-0.1, -0.05) is 42.5 Å². The van der Waals surface area contributed by atoms with Gasteiger partial charge in [-0.25, -0.2) is 0 Å². The first-order valence-corrected chi connectivity index (χ1v) is 9.92. The fourth-order valence-electron chi connectivity index (χ4n) is 3.72. The molecule has 0 aliphatic carbocycles. The molecule has 2 N–H and O–H groups in total. The second kappa shape index (κ2) is 8.91. The van der Waals surface area contributed by atoms with E-state index >= 15 is 0 Å². The number of rotatable bonds is 6. The van der Waals surface area contributed by atoms with E-state index in [2.05, 4.69) is 84.0 Å². The van der Waals surface area contributed by atoms with Gasteiger partial charge in [-0.05, 0) is 55.5 Å². The lowest BCUT2D eigenvalue weighted by Crippen LogP contribution is -2.43. The zero-order valence-corrected chi connectivity index (χ0v) is 17.6. The molecule has 0 fully saturated rings. The van der Waals surface area contributed by atoms with Gasteiger partial charge in [0.1, 0.15) is 0 Å². The zero-order chi connectivity index (χ0) is 20.1. The first kappa shape index (κ1) is 19.9. The van der Waals surface area contributed by atoms with E-state index in [4.69, 9.17) is 0 Å². The predicted molar refractivity (Wildman–Crippen MR) is 118 cm³/mol. The van der Waals surface area contributed by atoms with E-state index in [1.807, 2.05) is 18.8 Å². The molecule has 148 valence electrons. The third-order valence-electron chi connectivity index (χ3n) is 5.34. The van der Waals surface area contributed by atoms with Crippen molar-refractivity contribution in [3.8, 4) is 0 Å². The van der Waals surface area contributed by atoms with E-state index < -0.39 is 0 Å². The van der Waals surface area contributed by atoms with Crippen LogP contribution in [0, 0.1) is 13.8 Å². The van der Waals surface area contributed by atoms with Gasteiger partial charge in [-0.3, -0.25) is 9.67 Å². The Morgan fingerprint density at radius 1 is 1.14 bits per heavy atom. The molecule has 5 nitrogen and oxygen atoms in total. The van der Waals surface area contributed by atoms with Crippen molar-refractivity contribution in [3.63, 3.8) is 0 Å². The second-order valence-corrected chi connectivity index (χ2v) is 7.41. The molecular weight excluding hydrogens is 346 g/mol. The Balaban J connectivity index is 1.56. The maximum atomic E-state index is 4.51. The first-order valence-electron chi connectivity index (χ1n) is 9.92. The average molecular weight is 378 g/mol. The van der Waals surface area contributed by atoms with E-state index in [0.29, 0.717) is 0 Å². The van der Waals surface area contributed by atoms with Gasteiger partial charge in [0.25, 0.3) is 0 Å². The molecule has 0 aliphatic heterocycles. The zero-order valence-electron chi connectivity index (χ0n) is 17.6. The summed E-state index contributed by atoms with van der Waals surface area (Å²) in [5.74, 6) is 0.840. The minimum absolute atomic E-state index is 0.269. The van der Waals surface area contributed by atoms with Crippen LogP contribution in [0.15, 0.2) is 47.5 Å². The van der Waals surface area contributed by atoms with Crippen molar-refractivity contribution in [2.45, 2.75) is 39.7 Å². The summed E-state index contributed by atoms with van der Waals surface area (Å²) in [5.41, 5.74) is 5.00. The number of hydrogen-bond acceptors (Lipinski definition) is 2. The van der Waals surface area contributed by atoms with Gasteiger partial charge in [0.15, 0.2) is 5.96 Å². The van der Waals surface area contributed by atoms with Crippen LogP contribution in [-0.4, -0.2) is 35.4 Å². The fraction of sp³-hybridized carbons (Fsp3) is 0.391. The third kappa shape index (κ3) is 4.53. The molecule has 0 amide bonds. The summed E-state index contributed by atoms with van der Waals surface area (Å²) in [7, 11) is 3.82. The molecular formula is C23H31N5. The SMILES string of the molecule is CN=C(NCCc1cccc2ccccc12)NC(C)Cc1c(C)nn(C)c1C. The number of nitrogens with one attached hydrogen (secondary N) is 2. The highest BCUT2D eigenvalue weighted by molar-refractivity contribution is 5.85. The van der Waals surface area contributed by atoms with Crippen molar-refractivity contribution in [1.29, 1.82) is 0 Å². The summed E-state index contributed by atoms with van der Waals surface area (Å²) < 4.78 is 1.95. The van der Waals surface area contributed by atoms with Crippen molar-refractivity contribution < 1.29 is 0 Å². The summed E-state index contributed by atoms with van der Waals surface area (Å²) in [4.78, 5) is 4.39. The van der Waals surface area contributed by atoms with Crippen molar-refractivity contribution >= 4 is 16.7 Å². The maximum Gasteiger partial charge on any atom is 0.191 e. The maximum absolute atomic E-state index is 4.51. The molecule has 1 aromatic heterocycles. The van der Waals surface area contributed by atoms with E-state index in [-0.39, 0.29) is 6.04 Å². The monoisotopic (exact) mass is 377 g/mol. The largest absolute Gasteiger partial charge is 0.356 e. The highest BCUT2D eigenvalue weighted by Crippen LogP contribution is 2.18. The molecule has 0 radical (unpaired) electrons. The number of nitrogens with zero attached hydrogens (tertiary/aromatic N) is 3. The molecule has 3 rings (SSSR count). The number of fused-ring (bicyclic) bond motifs is 1. The fourth-order valence-corrected chi connectivity index (χ4v) is 3.72. The lowest BCUT2D eigenvalue weighted by molar-refractivity contribution is 0.635. The molecule has 0 saturated heterocycles. The second-order valence-electron chi connectivity index (χ2n) is 7.41. The number of aryl methyl sites for hydroxylation is 2. The van der Waals surface area contributed by atoms with E-state index in [1.54, 1.807) is 0 Å². The van der Waals surface area contributed by atoms with Crippen LogP contribution < -0.4 is 10.6 Å². The topological polar surface area (TPSA) is 54.2 Å². The molecule has 28 heavy (non-hydrogen) atoms. The summed E-state index contributed by atoms with van der Waals surface area (Å²) in [6, 6.07) is 15.3. The minimum Gasteiger partial charge on any atom is -0.356 e. The quantitative estimate of drug-likeness (QED) is 0.510. The van der Waals surface area contributed by atoms with Crippen LogP contribution in [0.5, 0.6) is 0 Å². The van der Waals surface area contributed by atoms with Gasteiger partial charge in [-0.15, -0.1) is 0 Å². The number of benzene rings is 2. The van der Waals surface area contributed by atoms with Crippen LogP contribution in [-0.2, 0) is 19.9 Å². The molecule has 1 heterocycles. The Bertz CT molecular complexity index is 965. The lowest BCUT2D eigenvalue weighted by atomic mass is 10.0. The molecule has 1 atom stereocenters. The van der Waals surface area contributed by atoms with Crippen molar-refractivity contribution in [2.24, 2.45) is 12.0 Å². The summed E-state index contributed by atoms with van der Waals surface area (Å²) in [5, 5.41) is 14.1. The molecule has 1 unspecified atom stereocenters. The van der Waals surface area contributed by atoms with Crippen LogP contribution in [0.4, 0.5) is 0 Å². The van der Waals surface area contributed by atoms with Crippen molar-refractivity contribution in [2.75, 3.05) is 13.6 Å². The van der Waals surface area contributed by atoms with Gasteiger partial charge < -0.3 is 10.6 Å². The molecule has 0 spiro atoms. The van der Waals surface area contributed by atoms with Crippen LogP contribution in [0.1, 0.15) is 29.4 Å². The Hall–Kier alpha value is -2.82. The average Bonchev–Trinajstić information content (AvgIpc) is 2.93. The van der Waals surface area contributed by atoms with Crippen LogP contribution in [0.25, 0.3) is 10.8 Å². The van der Waals surface area contributed by atoms with Gasteiger partial charge >= 0.3 is 0 Å². The molecule has 2 aromatic carbocycles. The van der Waals surface area contributed by atoms with Gasteiger partial charge in [0.2, 0.25) is 0 Å². The summed E-state index contributed by atoms with van der Waals surface area (Å²) >= 11 is 0. The van der Waals surface area contributed by atoms with Crippen LogP contribution in [0.3, 0.4) is 0 Å². The summed E-state index contributed by atoms with van der Waals surface area (Å²) in [6.07, 6.45) is 1.88. The highest BCUT2D eigenvalue weighted by atomic mass is 15.3. The minimum atomic E-state index is 0.269. The Labute approximate surface area is 167 Å². The van der Waals surface area contributed by atoms with Crippen molar-refractivity contribution in [3.05, 3.63) is 65.0 Å². The number of guanidine groups is 1. The standard InChI is InChI=1S/C23H31N5/c1-16(15-22-17(2)27-28(5)18(22)3)26-23(24-4)25-14-13-20-11-8-10-19-9-6-7-12-21(19)20/h6-12,16H,13-15H2,1-5H3,(H2,24,25,26). The highest BCUT2D eigenvalue weighted by Gasteiger charge is 2.14. The van der Waals surface area contributed by atoms with Gasteiger partial charge in [0, 0.05) is 32.4 Å². The number of aliphatic imine (C=N–C) groups is 1. The molecule has 3 aromatic rings. The molecule has 0 aliphatic rings. The number of aromatic nitrogens is 2. The molecule has 0 saturated carbocycles. The Morgan fingerprint density at radius 3 is 2.61 bits per heavy atom.